The quantitative estimate of drug-likeness (QED) is 0.798. The van der Waals surface area contributed by atoms with E-state index in [1.807, 2.05) is 0 Å². The van der Waals surface area contributed by atoms with Crippen molar-refractivity contribution in [2.24, 2.45) is 0 Å². The first-order chi connectivity index (χ1) is 8.58. The lowest BCUT2D eigenvalue weighted by Crippen LogP contribution is -2.13. The average molecular weight is 244 g/mol. The van der Waals surface area contributed by atoms with Gasteiger partial charge in [-0.3, -0.25) is 4.79 Å². The molecule has 4 heteroatoms. The summed E-state index contributed by atoms with van der Waals surface area (Å²) in [4.78, 5) is 11.9. The van der Waals surface area contributed by atoms with Gasteiger partial charge in [0.05, 0.1) is 11.4 Å². The maximum Gasteiger partial charge on any atom is 0.255 e. The van der Waals surface area contributed by atoms with Crippen LogP contribution in [0.1, 0.15) is 15.9 Å². The topological polar surface area (TPSA) is 55.1 Å². The molecule has 0 bridgehead atoms. The highest BCUT2D eigenvalue weighted by atomic mass is 19.1. The Labute approximate surface area is 104 Å². The van der Waals surface area contributed by atoms with Crippen molar-refractivity contribution in [3.8, 4) is 0 Å². The van der Waals surface area contributed by atoms with Crippen LogP contribution >= 0.6 is 0 Å². The number of amides is 1. The van der Waals surface area contributed by atoms with Crippen LogP contribution in [-0.4, -0.2) is 5.91 Å². The highest BCUT2D eigenvalue weighted by Crippen LogP contribution is 2.18. The Bertz CT molecular complexity index is 596. The van der Waals surface area contributed by atoms with Crippen LogP contribution in [0.3, 0.4) is 0 Å². The van der Waals surface area contributed by atoms with Crippen LogP contribution in [-0.2, 0) is 0 Å². The Morgan fingerprint density at radius 2 is 1.94 bits per heavy atom. The van der Waals surface area contributed by atoms with Gasteiger partial charge in [0, 0.05) is 5.56 Å². The predicted octanol–water partition coefficient (Wildman–Crippen LogP) is 2.97. The average Bonchev–Trinajstić information content (AvgIpc) is 2.35. The number of aryl methyl sites for hydroxylation is 1. The van der Waals surface area contributed by atoms with Crippen LogP contribution in [0, 0.1) is 12.7 Å². The first kappa shape index (κ1) is 12.1. The number of anilines is 2. The molecule has 0 saturated heterocycles. The lowest BCUT2D eigenvalue weighted by atomic mass is 10.1. The summed E-state index contributed by atoms with van der Waals surface area (Å²) in [6.45, 7) is 1.61. The van der Waals surface area contributed by atoms with Crippen molar-refractivity contribution < 1.29 is 9.18 Å². The highest BCUT2D eigenvalue weighted by molar-refractivity contribution is 6.05. The lowest BCUT2D eigenvalue weighted by molar-refractivity contribution is 0.102. The molecule has 0 aliphatic heterocycles. The van der Waals surface area contributed by atoms with E-state index in [0.29, 0.717) is 22.5 Å². The number of halogens is 1. The zero-order valence-electron chi connectivity index (χ0n) is 9.91. The first-order valence-corrected chi connectivity index (χ1v) is 5.50. The van der Waals surface area contributed by atoms with Crippen molar-refractivity contribution in [3.05, 3.63) is 59.4 Å². The molecule has 2 aromatic rings. The van der Waals surface area contributed by atoms with E-state index in [2.05, 4.69) is 5.32 Å². The van der Waals surface area contributed by atoms with Gasteiger partial charge in [-0.25, -0.2) is 4.39 Å². The largest absolute Gasteiger partial charge is 0.397 e. The Hall–Kier alpha value is -2.36. The van der Waals surface area contributed by atoms with Crippen LogP contribution in [0.15, 0.2) is 42.5 Å². The first-order valence-electron chi connectivity index (χ1n) is 5.50. The molecule has 0 radical (unpaired) electrons. The number of benzene rings is 2. The van der Waals surface area contributed by atoms with E-state index in [9.17, 15) is 9.18 Å². The monoisotopic (exact) mass is 244 g/mol. The predicted molar refractivity (Wildman–Crippen MR) is 69.9 cm³/mol. The highest BCUT2D eigenvalue weighted by Gasteiger charge is 2.09. The molecule has 92 valence electrons. The van der Waals surface area contributed by atoms with Crippen LogP contribution in [0.2, 0.25) is 0 Å². The summed E-state index contributed by atoms with van der Waals surface area (Å²) in [5.41, 5.74) is 7.60. The second kappa shape index (κ2) is 4.87. The summed E-state index contributed by atoms with van der Waals surface area (Å²) in [5.74, 6) is -0.637. The molecule has 3 nitrogen and oxygen atoms in total. The number of para-hydroxylation sites is 2. The summed E-state index contributed by atoms with van der Waals surface area (Å²) in [6.07, 6.45) is 0. The lowest BCUT2D eigenvalue weighted by Gasteiger charge is -2.08. The summed E-state index contributed by atoms with van der Waals surface area (Å²) in [7, 11) is 0. The van der Waals surface area contributed by atoms with Crippen molar-refractivity contribution in [2.45, 2.75) is 6.92 Å². The van der Waals surface area contributed by atoms with Crippen LogP contribution in [0.4, 0.5) is 15.8 Å². The molecular weight excluding hydrogens is 231 g/mol. The second-order valence-electron chi connectivity index (χ2n) is 4.01. The van der Waals surface area contributed by atoms with Gasteiger partial charge in [-0.2, -0.15) is 0 Å². The molecule has 2 aromatic carbocycles. The molecule has 0 aliphatic carbocycles. The second-order valence-corrected chi connectivity index (χ2v) is 4.01. The van der Waals surface area contributed by atoms with Crippen LogP contribution in [0.25, 0.3) is 0 Å². The minimum absolute atomic E-state index is 0.309. The molecule has 0 saturated carbocycles. The third-order valence-corrected chi connectivity index (χ3v) is 2.63. The Balaban J connectivity index is 2.22. The normalized spacial score (nSPS) is 10.1. The Kier molecular flexibility index (Phi) is 3.28. The van der Waals surface area contributed by atoms with E-state index in [1.165, 1.54) is 18.2 Å². The molecule has 3 N–H and O–H groups in total. The number of nitrogens with one attached hydrogen (secondary N) is 1. The van der Waals surface area contributed by atoms with Crippen molar-refractivity contribution in [2.75, 3.05) is 11.1 Å². The molecular formula is C14H13FN2O. The molecule has 0 unspecified atom stereocenters. The molecule has 0 heterocycles. The minimum atomic E-state index is -0.328. The standard InChI is InChI=1S/C14H13FN2O/c1-9-8-10(6-7-11(9)15)14(18)17-13-5-3-2-4-12(13)16/h2-8H,16H2,1H3,(H,17,18). The van der Waals surface area contributed by atoms with Gasteiger partial charge < -0.3 is 11.1 Å². The molecule has 0 aromatic heterocycles. The van der Waals surface area contributed by atoms with Gasteiger partial charge in [0.2, 0.25) is 0 Å². The van der Waals surface area contributed by atoms with Crippen LogP contribution in [0.5, 0.6) is 0 Å². The van der Waals surface area contributed by atoms with Crippen LogP contribution < -0.4 is 11.1 Å². The van der Waals surface area contributed by atoms with Gasteiger partial charge in [-0.05, 0) is 42.8 Å². The van der Waals surface area contributed by atoms with Gasteiger partial charge in [-0.15, -0.1) is 0 Å². The number of carbonyl (C=O) groups is 1. The third-order valence-electron chi connectivity index (χ3n) is 2.63. The summed E-state index contributed by atoms with van der Waals surface area (Å²) < 4.78 is 13.1. The van der Waals surface area contributed by atoms with Gasteiger partial charge in [0.15, 0.2) is 0 Å². The van der Waals surface area contributed by atoms with Gasteiger partial charge in [0.1, 0.15) is 5.82 Å². The van der Waals surface area contributed by atoms with E-state index in [1.54, 1.807) is 31.2 Å². The fourth-order valence-corrected chi connectivity index (χ4v) is 1.59. The summed E-state index contributed by atoms with van der Waals surface area (Å²) in [6, 6.07) is 11.2. The molecule has 0 aliphatic rings. The molecule has 0 atom stereocenters. The smallest absolute Gasteiger partial charge is 0.255 e. The minimum Gasteiger partial charge on any atom is -0.397 e. The summed E-state index contributed by atoms with van der Waals surface area (Å²) >= 11 is 0. The Morgan fingerprint density at radius 3 is 2.61 bits per heavy atom. The summed E-state index contributed by atoms with van der Waals surface area (Å²) in [5, 5.41) is 2.69. The van der Waals surface area contributed by atoms with Gasteiger partial charge in [-0.1, -0.05) is 12.1 Å². The number of rotatable bonds is 2. The van der Waals surface area contributed by atoms with E-state index in [-0.39, 0.29) is 11.7 Å². The van der Waals surface area contributed by atoms with Crippen molar-refractivity contribution in [1.29, 1.82) is 0 Å². The molecule has 0 spiro atoms. The number of hydrogen-bond donors (Lipinski definition) is 2. The number of nitrogen functional groups attached to an aromatic ring is 1. The van der Waals surface area contributed by atoms with Gasteiger partial charge >= 0.3 is 0 Å². The van der Waals surface area contributed by atoms with E-state index >= 15 is 0 Å². The maximum absolute atomic E-state index is 13.1. The number of carbonyl (C=O) groups excluding carboxylic acids is 1. The number of hydrogen-bond acceptors (Lipinski definition) is 2. The molecule has 2 rings (SSSR count). The van der Waals surface area contributed by atoms with E-state index in [4.69, 9.17) is 5.73 Å². The third kappa shape index (κ3) is 2.48. The molecule has 0 fully saturated rings. The maximum atomic E-state index is 13.1. The van der Waals surface area contributed by atoms with Crippen molar-refractivity contribution >= 4 is 17.3 Å². The Morgan fingerprint density at radius 1 is 1.22 bits per heavy atom. The van der Waals surface area contributed by atoms with E-state index in [0.717, 1.165) is 0 Å². The van der Waals surface area contributed by atoms with Crippen molar-refractivity contribution in [1.82, 2.24) is 0 Å². The fraction of sp³-hybridized carbons (Fsp3) is 0.0714. The zero-order chi connectivity index (χ0) is 13.1. The molecule has 18 heavy (non-hydrogen) atoms. The van der Waals surface area contributed by atoms with Gasteiger partial charge in [0.25, 0.3) is 5.91 Å². The van der Waals surface area contributed by atoms with E-state index < -0.39 is 0 Å². The molecule has 1 amide bonds. The SMILES string of the molecule is Cc1cc(C(=O)Nc2ccccc2N)ccc1F. The number of nitrogens with two attached hydrogens (primary N) is 1. The fourth-order valence-electron chi connectivity index (χ4n) is 1.59. The zero-order valence-corrected chi connectivity index (χ0v) is 9.91. The van der Waals surface area contributed by atoms with Crippen molar-refractivity contribution in [3.63, 3.8) is 0 Å².